The molecule has 2 aromatic heterocycles. The fourth-order valence-electron chi connectivity index (χ4n) is 3.35. The van der Waals surface area contributed by atoms with E-state index in [9.17, 15) is 18.0 Å². The normalized spacial score (nSPS) is 11.6. The summed E-state index contributed by atoms with van der Waals surface area (Å²) in [7, 11) is 1.57. The van der Waals surface area contributed by atoms with E-state index in [1.54, 1.807) is 19.2 Å². The van der Waals surface area contributed by atoms with E-state index in [2.05, 4.69) is 4.98 Å². The van der Waals surface area contributed by atoms with Gasteiger partial charge in [0.15, 0.2) is 5.78 Å². The van der Waals surface area contributed by atoms with Crippen LogP contribution in [0.2, 0.25) is 0 Å². The van der Waals surface area contributed by atoms with Crippen molar-refractivity contribution in [3.63, 3.8) is 0 Å². The molecule has 0 saturated heterocycles. The molecule has 31 heavy (non-hydrogen) atoms. The SMILES string of the molecule is COc1cccc(-c2ccc3c(N)c(C(=O)Cc4ccccc4C(F)(F)F)sc3n2)c1. The second-order valence-corrected chi connectivity index (χ2v) is 7.88. The molecule has 4 aromatic rings. The standard InChI is InChI=1S/C23H17F3N2O2S/c1-30-15-7-4-6-14(11-15)18-10-9-16-20(27)21(31-22(16)28-18)19(29)12-13-5-2-3-8-17(13)23(24,25)26/h2-11H,12,27H2,1H3. The first-order valence-corrected chi connectivity index (χ1v) is 10.1. The van der Waals surface area contributed by atoms with Crippen molar-refractivity contribution < 1.29 is 22.7 Å². The zero-order valence-electron chi connectivity index (χ0n) is 16.4. The molecule has 0 spiro atoms. The molecular weight excluding hydrogens is 425 g/mol. The van der Waals surface area contributed by atoms with E-state index in [-0.39, 0.29) is 16.1 Å². The lowest BCUT2D eigenvalue weighted by atomic mass is 10.0. The van der Waals surface area contributed by atoms with Gasteiger partial charge in [-0.05, 0) is 35.9 Å². The second kappa shape index (κ2) is 8.03. The van der Waals surface area contributed by atoms with E-state index >= 15 is 0 Å². The Balaban J connectivity index is 1.69. The molecule has 4 nitrogen and oxygen atoms in total. The highest BCUT2D eigenvalue weighted by atomic mass is 32.1. The van der Waals surface area contributed by atoms with Gasteiger partial charge in [0.25, 0.3) is 0 Å². The van der Waals surface area contributed by atoms with Crippen LogP contribution < -0.4 is 10.5 Å². The van der Waals surface area contributed by atoms with Gasteiger partial charge >= 0.3 is 6.18 Å². The van der Waals surface area contributed by atoms with Crippen LogP contribution in [0.4, 0.5) is 18.9 Å². The summed E-state index contributed by atoms with van der Waals surface area (Å²) < 4.78 is 45.0. The maximum atomic E-state index is 13.3. The van der Waals surface area contributed by atoms with E-state index in [1.807, 2.05) is 24.3 Å². The minimum atomic E-state index is -4.53. The van der Waals surface area contributed by atoms with Crippen LogP contribution >= 0.6 is 11.3 Å². The maximum absolute atomic E-state index is 13.3. The highest BCUT2D eigenvalue weighted by molar-refractivity contribution is 7.21. The number of nitrogen functional groups attached to an aromatic ring is 1. The largest absolute Gasteiger partial charge is 0.497 e. The number of nitrogens with zero attached hydrogens (tertiary/aromatic N) is 1. The van der Waals surface area contributed by atoms with E-state index in [0.29, 0.717) is 21.7 Å². The third-order valence-corrected chi connectivity index (χ3v) is 6.04. The number of hydrogen-bond donors (Lipinski definition) is 1. The molecule has 0 radical (unpaired) electrons. The second-order valence-electron chi connectivity index (χ2n) is 6.88. The Morgan fingerprint density at radius 3 is 2.61 bits per heavy atom. The molecule has 0 amide bonds. The number of thiophene rings is 1. The smallest absolute Gasteiger partial charge is 0.416 e. The highest BCUT2D eigenvalue weighted by Gasteiger charge is 2.33. The van der Waals surface area contributed by atoms with Crippen LogP contribution in [-0.4, -0.2) is 17.9 Å². The number of halogens is 3. The summed E-state index contributed by atoms with van der Waals surface area (Å²) in [5, 5.41) is 0.601. The predicted octanol–water partition coefficient (Wildman–Crippen LogP) is 6.00. The minimum absolute atomic E-state index is 0.0816. The summed E-state index contributed by atoms with van der Waals surface area (Å²) in [4.78, 5) is 18.2. The van der Waals surface area contributed by atoms with Gasteiger partial charge in [-0.2, -0.15) is 13.2 Å². The molecule has 8 heteroatoms. The molecule has 158 valence electrons. The van der Waals surface area contributed by atoms with Crippen LogP contribution in [-0.2, 0) is 12.6 Å². The Morgan fingerprint density at radius 1 is 1.10 bits per heavy atom. The van der Waals surface area contributed by atoms with Gasteiger partial charge in [-0.25, -0.2) is 4.98 Å². The Bertz CT molecular complexity index is 1280. The predicted molar refractivity (Wildman–Crippen MR) is 115 cm³/mol. The molecular formula is C23H17F3N2O2S. The maximum Gasteiger partial charge on any atom is 0.416 e. The minimum Gasteiger partial charge on any atom is -0.497 e. The molecule has 0 bridgehead atoms. The number of ketones is 1. The number of carbonyl (C=O) groups is 1. The van der Waals surface area contributed by atoms with E-state index in [4.69, 9.17) is 10.5 Å². The van der Waals surface area contributed by atoms with Crippen LogP contribution in [0.1, 0.15) is 20.8 Å². The van der Waals surface area contributed by atoms with Crippen molar-refractivity contribution in [3.05, 3.63) is 76.7 Å². The van der Waals surface area contributed by atoms with E-state index in [0.717, 1.165) is 23.0 Å². The van der Waals surface area contributed by atoms with Crippen molar-refractivity contribution in [2.24, 2.45) is 0 Å². The average molecular weight is 442 g/mol. The Morgan fingerprint density at radius 2 is 1.87 bits per heavy atom. The molecule has 0 aliphatic heterocycles. The van der Waals surface area contributed by atoms with Gasteiger partial charge in [0.05, 0.1) is 28.9 Å². The molecule has 2 N–H and O–H groups in total. The van der Waals surface area contributed by atoms with Crippen molar-refractivity contribution in [1.29, 1.82) is 0 Å². The molecule has 0 fully saturated rings. The first kappa shape index (κ1) is 20.9. The summed E-state index contributed by atoms with van der Waals surface area (Å²) in [5.74, 6) is 0.212. The number of aromatic nitrogens is 1. The Labute approximate surface area is 180 Å². The number of alkyl halides is 3. The third-order valence-electron chi connectivity index (χ3n) is 4.89. The molecule has 2 heterocycles. The van der Waals surface area contributed by atoms with Gasteiger partial charge < -0.3 is 10.5 Å². The zero-order valence-corrected chi connectivity index (χ0v) is 17.2. The summed E-state index contributed by atoms with van der Waals surface area (Å²) >= 11 is 1.09. The van der Waals surface area contributed by atoms with Crippen molar-refractivity contribution in [2.45, 2.75) is 12.6 Å². The monoisotopic (exact) mass is 442 g/mol. The van der Waals surface area contributed by atoms with Crippen LogP contribution in [0, 0.1) is 0 Å². The van der Waals surface area contributed by atoms with Crippen LogP contribution in [0.25, 0.3) is 21.5 Å². The van der Waals surface area contributed by atoms with Gasteiger partial charge in [0.2, 0.25) is 0 Å². The van der Waals surface area contributed by atoms with Crippen LogP contribution in [0.5, 0.6) is 5.75 Å². The Kier molecular flexibility index (Phi) is 5.41. The van der Waals surface area contributed by atoms with Crippen LogP contribution in [0.3, 0.4) is 0 Å². The summed E-state index contributed by atoms with van der Waals surface area (Å²) in [6.07, 6.45) is -4.93. The number of anilines is 1. The van der Waals surface area contributed by atoms with E-state index in [1.165, 1.54) is 18.2 Å². The van der Waals surface area contributed by atoms with Crippen molar-refractivity contribution in [3.8, 4) is 17.0 Å². The summed E-state index contributed by atoms with van der Waals surface area (Å²) in [5.41, 5.74) is 7.00. The fraction of sp³-hybridized carbons (Fsp3) is 0.130. The lowest BCUT2D eigenvalue weighted by molar-refractivity contribution is -0.138. The van der Waals surface area contributed by atoms with Gasteiger partial charge in [-0.3, -0.25) is 4.79 Å². The third kappa shape index (κ3) is 4.11. The fourth-order valence-corrected chi connectivity index (χ4v) is 4.38. The topological polar surface area (TPSA) is 65.2 Å². The van der Waals surface area contributed by atoms with E-state index < -0.39 is 23.9 Å². The number of pyridine rings is 1. The number of nitrogens with two attached hydrogens (primary N) is 1. The van der Waals surface area contributed by atoms with Crippen molar-refractivity contribution in [2.75, 3.05) is 12.8 Å². The van der Waals surface area contributed by atoms with Gasteiger partial charge in [-0.1, -0.05) is 30.3 Å². The lowest BCUT2D eigenvalue weighted by Crippen LogP contribution is -2.12. The molecule has 0 atom stereocenters. The number of methoxy groups -OCH3 is 1. The number of Topliss-reactive ketones (excluding diaryl/α,β-unsaturated/α-hetero) is 1. The molecule has 0 aliphatic carbocycles. The number of fused-ring (bicyclic) bond motifs is 1. The number of hydrogen-bond acceptors (Lipinski definition) is 5. The molecule has 2 aromatic carbocycles. The zero-order chi connectivity index (χ0) is 22.2. The first-order chi connectivity index (χ1) is 14.8. The molecule has 0 saturated carbocycles. The van der Waals surface area contributed by atoms with Crippen molar-refractivity contribution in [1.82, 2.24) is 4.98 Å². The van der Waals surface area contributed by atoms with Crippen molar-refractivity contribution >= 4 is 33.0 Å². The number of rotatable bonds is 5. The molecule has 0 unspecified atom stereocenters. The number of carbonyl (C=O) groups excluding carboxylic acids is 1. The summed E-state index contributed by atoms with van der Waals surface area (Å²) in [6, 6.07) is 16.0. The van der Waals surface area contributed by atoms with Gasteiger partial charge in [-0.15, -0.1) is 11.3 Å². The number of benzene rings is 2. The lowest BCUT2D eigenvalue weighted by Gasteiger charge is -2.11. The molecule has 0 aliphatic rings. The molecule has 4 rings (SSSR count). The summed E-state index contributed by atoms with van der Waals surface area (Å²) in [6.45, 7) is 0. The van der Waals surface area contributed by atoms with Gasteiger partial charge in [0.1, 0.15) is 10.6 Å². The average Bonchev–Trinajstić information content (AvgIpc) is 3.09. The quantitative estimate of drug-likeness (QED) is 0.385. The Hall–Kier alpha value is -3.39. The number of ether oxygens (including phenoxy) is 1. The highest BCUT2D eigenvalue weighted by Crippen LogP contribution is 2.37. The van der Waals surface area contributed by atoms with Gasteiger partial charge in [0, 0.05) is 17.4 Å². The first-order valence-electron chi connectivity index (χ1n) is 9.29. The van der Waals surface area contributed by atoms with Crippen LogP contribution in [0.15, 0.2) is 60.7 Å².